The van der Waals surface area contributed by atoms with Crippen LogP contribution in [-0.2, 0) is 9.59 Å². The minimum Gasteiger partial charge on any atom is -0.453 e. The van der Waals surface area contributed by atoms with Gasteiger partial charge >= 0.3 is 6.01 Å². The number of hydrogen-bond donors (Lipinski definition) is 0. The number of aryl methyl sites for hydroxylation is 2. The fourth-order valence-electron chi connectivity index (χ4n) is 3.30. The van der Waals surface area contributed by atoms with Crippen molar-refractivity contribution in [3.05, 3.63) is 17.0 Å². The van der Waals surface area contributed by atoms with E-state index in [-0.39, 0.29) is 30.5 Å². The summed E-state index contributed by atoms with van der Waals surface area (Å²) in [5.74, 6) is 0.472. The maximum absolute atomic E-state index is 12.5. The summed E-state index contributed by atoms with van der Waals surface area (Å²) in [5.41, 5.74) is 2.76. The molecule has 142 valence electrons. The monoisotopic (exact) mass is 360 g/mol. The van der Waals surface area contributed by atoms with E-state index in [0.717, 1.165) is 55.7 Å². The SMILES string of the molecule is Cc1nc(OCC(=O)N(C)C2CCN(C(=O)C3CC3)CC2)nc(C)c1C. The molecule has 0 aromatic carbocycles. The summed E-state index contributed by atoms with van der Waals surface area (Å²) >= 11 is 0. The highest BCUT2D eigenvalue weighted by Crippen LogP contribution is 2.32. The number of rotatable bonds is 5. The predicted octanol–water partition coefficient (Wildman–Crippen LogP) is 1.64. The third kappa shape index (κ3) is 4.14. The lowest BCUT2D eigenvalue weighted by molar-refractivity contribution is -0.137. The Balaban J connectivity index is 1.48. The van der Waals surface area contributed by atoms with E-state index in [2.05, 4.69) is 9.97 Å². The Labute approximate surface area is 154 Å². The summed E-state index contributed by atoms with van der Waals surface area (Å²) in [7, 11) is 1.81. The third-order valence-electron chi connectivity index (χ3n) is 5.58. The number of hydrogen-bond acceptors (Lipinski definition) is 5. The van der Waals surface area contributed by atoms with Crippen molar-refractivity contribution in [2.45, 2.75) is 52.5 Å². The highest BCUT2D eigenvalue weighted by Gasteiger charge is 2.35. The molecule has 0 unspecified atom stereocenters. The molecule has 0 N–H and O–H groups in total. The lowest BCUT2D eigenvalue weighted by atomic mass is 10.0. The third-order valence-corrected chi connectivity index (χ3v) is 5.58. The van der Waals surface area contributed by atoms with Crippen LogP contribution in [0.3, 0.4) is 0 Å². The first-order valence-corrected chi connectivity index (χ1v) is 9.36. The smallest absolute Gasteiger partial charge is 0.317 e. The van der Waals surface area contributed by atoms with Crippen LogP contribution < -0.4 is 4.74 Å². The van der Waals surface area contributed by atoms with Crippen LogP contribution in [0.5, 0.6) is 6.01 Å². The molecule has 1 aromatic rings. The molecule has 2 fully saturated rings. The largest absolute Gasteiger partial charge is 0.453 e. The van der Waals surface area contributed by atoms with Crippen LogP contribution >= 0.6 is 0 Å². The van der Waals surface area contributed by atoms with Gasteiger partial charge in [-0.1, -0.05) is 0 Å². The van der Waals surface area contributed by atoms with E-state index in [1.807, 2.05) is 25.7 Å². The van der Waals surface area contributed by atoms with Gasteiger partial charge in [0.05, 0.1) is 0 Å². The first-order chi connectivity index (χ1) is 12.4. The Morgan fingerprint density at radius 3 is 2.19 bits per heavy atom. The fraction of sp³-hybridized carbons (Fsp3) is 0.684. The lowest BCUT2D eigenvalue weighted by Crippen LogP contribution is -2.48. The molecule has 7 heteroatoms. The number of ether oxygens (including phenoxy) is 1. The zero-order valence-corrected chi connectivity index (χ0v) is 16.1. The molecule has 3 rings (SSSR count). The standard InChI is InChI=1S/C19H28N4O3/c1-12-13(2)20-19(21-14(12)3)26-11-17(24)22(4)16-7-9-23(10-8-16)18(25)15-5-6-15/h15-16H,5-11H2,1-4H3. The normalized spacial score (nSPS) is 17.9. The average molecular weight is 360 g/mol. The Morgan fingerprint density at radius 1 is 1.08 bits per heavy atom. The maximum Gasteiger partial charge on any atom is 0.317 e. The van der Waals surface area contributed by atoms with Crippen molar-refractivity contribution in [3.8, 4) is 6.01 Å². The Kier molecular flexibility index (Phi) is 5.44. The molecule has 26 heavy (non-hydrogen) atoms. The number of carbonyl (C=O) groups excluding carboxylic acids is 2. The lowest BCUT2D eigenvalue weighted by Gasteiger charge is -2.36. The number of piperidine rings is 1. The number of likely N-dealkylation sites (N-methyl/N-ethyl adjacent to an activating group) is 1. The van der Waals surface area contributed by atoms with Gasteiger partial charge in [-0.25, -0.2) is 9.97 Å². The fourth-order valence-corrected chi connectivity index (χ4v) is 3.30. The van der Waals surface area contributed by atoms with Crippen LogP contribution in [0, 0.1) is 26.7 Å². The second kappa shape index (κ2) is 7.60. The zero-order valence-electron chi connectivity index (χ0n) is 16.1. The van der Waals surface area contributed by atoms with E-state index in [4.69, 9.17) is 4.74 Å². The van der Waals surface area contributed by atoms with Gasteiger partial charge in [0.25, 0.3) is 5.91 Å². The second-order valence-corrected chi connectivity index (χ2v) is 7.43. The molecule has 7 nitrogen and oxygen atoms in total. The molecule has 0 bridgehead atoms. The molecular formula is C19H28N4O3. The molecule has 1 aromatic heterocycles. The Morgan fingerprint density at radius 2 is 1.65 bits per heavy atom. The quantitative estimate of drug-likeness (QED) is 0.798. The van der Waals surface area contributed by atoms with Crippen LogP contribution in [0.1, 0.15) is 42.6 Å². The second-order valence-electron chi connectivity index (χ2n) is 7.43. The molecule has 2 amide bonds. The molecule has 2 aliphatic rings. The molecule has 2 heterocycles. The van der Waals surface area contributed by atoms with E-state index in [1.54, 1.807) is 11.9 Å². The molecular weight excluding hydrogens is 332 g/mol. The molecule has 1 aliphatic heterocycles. The van der Waals surface area contributed by atoms with Gasteiger partial charge in [0.2, 0.25) is 5.91 Å². The van der Waals surface area contributed by atoms with E-state index in [0.29, 0.717) is 5.91 Å². The van der Waals surface area contributed by atoms with Crippen LogP contribution in [0.15, 0.2) is 0 Å². The summed E-state index contributed by atoms with van der Waals surface area (Å²) in [5, 5.41) is 0. The summed E-state index contributed by atoms with van der Waals surface area (Å²) in [6, 6.07) is 0.397. The summed E-state index contributed by atoms with van der Waals surface area (Å²) < 4.78 is 5.52. The topological polar surface area (TPSA) is 75.6 Å². The summed E-state index contributed by atoms with van der Waals surface area (Å²) in [4.78, 5) is 36.8. The van der Waals surface area contributed by atoms with Gasteiger partial charge in [0, 0.05) is 43.5 Å². The van der Waals surface area contributed by atoms with Crippen molar-refractivity contribution in [2.75, 3.05) is 26.7 Å². The van der Waals surface area contributed by atoms with Crippen molar-refractivity contribution in [1.82, 2.24) is 19.8 Å². The van der Waals surface area contributed by atoms with Gasteiger partial charge in [0.1, 0.15) is 0 Å². The van der Waals surface area contributed by atoms with Crippen molar-refractivity contribution in [2.24, 2.45) is 5.92 Å². The first-order valence-electron chi connectivity index (χ1n) is 9.36. The summed E-state index contributed by atoms with van der Waals surface area (Å²) in [6.07, 6.45) is 3.71. The number of amides is 2. The number of nitrogens with zero attached hydrogens (tertiary/aromatic N) is 4. The van der Waals surface area contributed by atoms with Crippen LogP contribution in [-0.4, -0.2) is 64.4 Å². The van der Waals surface area contributed by atoms with Gasteiger partial charge in [0.15, 0.2) is 6.61 Å². The van der Waals surface area contributed by atoms with Crippen LogP contribution in [0.2, 0.25) is 0 Å². The number of carbonyl (C=O) groups is 2. The summed E-state index contributed by atoms with van der Waals surface area (Å²) in [6.45, 7) is 7.17. The Bertz CT molecular complexity index is 671. The number of likely N-dealkylation sites (tertiary alicyclic amines) is 1. The zero-order chi connectivity index (χ0) is 18.8. The van der Waals surface area contributed by atoms with Gasteiger partial charge < -0.3 is 14.5 Å². The molecule has 0 spiro atoms. The van der Waals surface area contributed by atoms with E-state index in [9.17, 15) is 9.59 Å². The van der Waals surface area contributed by atoms with Gasteiger partial charge in [-0.2, -0.15) is 0 Å². The molecule has 0 radical (unpaired) electrons. The van der Waals surface area contributed by atoms with Crippen LogP contribution in [0.25, 0.3) is 0 Å². The van der Waals surface area contributed by atoms with Crippen molar-refractivity contribution >= 4 is 11.8 Å². The van der Waals surface area contributed by atoms with Gasteiger partial charge in [-0.05, 0) is 52.0 Å². The predicted molar refractivity (Wildman–Crippen MR) is 96.8 cm³/mol. The van der Waals surface area contributed by atoms with Crippen LogP contribution in [0.4, 0.5) is 0 Å². The molecule has 0 atom stereocenters. The van der Waals surface area contributed by atoms with Gasteiger partial charge in [-0.3, -0.25) is 9.59 Å². The van der Waals surface area contributed by atoms with Crippen molar-refractivity contribution < 1.29 is 14.3 Å². The maximum atomic E-state index is 12.5. The highest BCUT2D eigenvalue weighted by atomic mass is 16.5. The minimum absolute atomic E-state index is 0.0698. The molecule has 1 saturated carbocycles. The first kappa shape index (κ1) is 18.6. The molecule has 1 aliphatic carbocycles. The number of aromatic nitrogens is 2. The van der Waals surface area contributed by atoms with E-state index < -0.39 is 0 Å². The van der Waals surface area contributed by atoms with Gasteiger partial charge in [-0.15, -0.1) is 0 Å². The molecule has 1 saturated heterocycles. The minimum atomic E-state index is -0.0866. The average Bonchev–Trinajstić information content (AvgIpc) is 3.48. The van der Waals surface area contributed by atoms with E-state index >= 15 is 0 Å². The van der Waals surface area contributed by atoms with E-state index in [1.165, 1.54) is 0 Å². The van der Waals surface area contributed by atoms with Crippen molar-refractivity contribution in [1.29, 1.82) is 0 Å². The van der Waals surface area contributed by atoms with Crippen molar-refractivity contribution in [3.63, 3.8) is 0 Å². The highest BCUT2D eigenvalue weighted by molar-refractivity contribution is 5.81. The Hall–Kier alpha value is -2.18.